The Morgan fingerprint density at radius 1 is 1.25 bits per heavy atom. The summed E-state index contributed by atoms with van der Waals surface area (Å²) in [6, 6.07) is 10.2. The van der Waals surface area contributed by atoms with Crippen LogP contribution in [0, 0.1) is 23.2 Å². The first-order chi connectivity index (χ1) is 11.8. The van der Waals surface area contributed by atoms with Crippen molar-refractivity contribution >= 4 is 0 Å². The molecule has 0 N–H and O–H groups in total. The molecule has 0 unspecified atom stereocenters. The maximum Gasteiger partial charge on any atom is 0.120 e. The summed E-state index contributed by atoms with van der Waals surface area (Å²) >= 11 is 0. The third-order valence-electron chi connectivity index (χ3n) is 5.60. The van der Waals surface area contributed by atoms with Gasteiger partial charge in [0.05, 0.1) is 31.0 Å². The Labute approximate surface area is 143 Å². The van der Waals surface area contributed by atoms with Gasteiger partial charge in [0.15, 0.2) is 0 Å². The van der Waals surface area contributed by atoms with Gasteiger partial charge in [-0.15, -0.1) is 0 Å². The summed E-state index contributed by atoms with van der Waals surface area (Å²) in [6.07, 6.45) is 2.63. The molecule has 3 saturated heterocycles. The zero-order valence-electron chi connectivity index (χ0n) is 13.9. The van der Waals surface area contributed by atoms with Crippen molar-refractivity contribution in [1.29, 1.82) is 5.26 Å². The normalized spacial score (nSPS) is 30.9. The van der Waals surface area contributed by atoms with Crippen molar-refractivity contribution < 1.29 is 14.2 Å². The molecule has 3 fully saturated rings. The fourth-order valence-electron chi connectivity index (χ4n) is 4.21. The van der Waals surface area contributed by atoms with Gasteiger partial charge in [0.25, 0.3) is 0 Å². The second-order valence-corrected chi connectivity index (χ2v) is 7.04. The maximum absolute atomic E-state index is 8.98. The third-order valence-corrected chi connectivity index (χ3v) is 5.60. The standard InChI is InChI=1S/C19H24N2O3/c20-9-14-2-1-3-17(8-14)23-12-15-13-24-19-11-21(10-18(15)19)16-4-6-22-7-5-16/h1-3,8,15-16,18-19H,4-7,10-13H2/t15-,18-,19-/m1/s1. The van der Waals surface area contributed by atoms with Crippen LogP contribution in [0.4, 0.5) is 0 Å². The van der Waals surface area contributed by atoms with Crippen LogP contribution in [0.5, 0.6) is 5.75 Å². The first kappa shape index (κ1) is 15.9. The van der Waals surface area contributed by atoms with Crippen LogP contribution < -0.4 is 4.74 Å². The van der Waals surface area contributed by atoms with E-state index in [-0.39, 0.29) is 0 Å². The monoisotopic (exact) mass is 328 g/mol. The van der Waals surface area contributed by atoms with E-state index < -0.39 is 0 Å². The molecule has 0 bridgehead atoms. The van der Waals surface area contributed by atoms with Crippen molar-refractivity contribution in [1.82, 2.24) is 4.90 Å². The van der Waals surface area contributed by atoms with Crippen molar-refractivity contribution in [2.75, 3.05) is 39.5 Å². The van der Waals surface area contributed by atoms with Gasteiger partial charge in [0.2, 0.25) is 0 Å². The molecule has 0 radical (unpaired) electrons. The Kier molecular flexibility index (Phi) is 4.70. The van der Waals surface area contributed by atoms with E-state index in [4.69, 9.17) is 19.5 Å². The summed E-state index contributed by atoms with van der Waals surface area (Å²) in [5, 5.41) is 8.98. The van der Waals surface area contributed by atoms with Crippen molar-refractivity contribution in [3.8, 4) is 11.8 Å². The minimum absolute atomic E-state index is 0.354. The lowest BCUT2D eigenvalue weighted by molar-refractivity contribution is 0.0271. The smallest absolute Gasteiger partial charge is 0.120 e. The number of benzene rings is 1. The molecule has 0 aromatic heterocycles. The molecule has 5 nitrogen and oxygen atoms in total. The van der Waals surface area contributed by atoms with Crippen LogP contribution in [-0.4, -0.2) is 56.6 Å². The van der Waals surface area contributed by atoms with Crippen LogP contribution in [0.25, 0.3) is 0 Å². The lowest BCUT2D eigenvalue weighted by Gasteiger charge is -2.31. The van der Waals surface area contributed by atoms with Crippen molar-refractivity contribution in [3.05, 3.63) is 29.8 Å². The highest BCUT2D eigenvalue weighted by Gasteiger charge is 2.45. The minimum Gasteiger partial charge on any atom is -0.493 e. The first-order valence-corrected chi connectivity index (χ1v) is 8.90. The molecular weight excluding hydrogens is 304 g/mol. The fraction of sp³-hybridized carbons (Fsp3) is 0.632. The summed E-state index contributed by atoms with van der Waals surface area (Å²) in [6.45, 7) is 5.39. The topological polar surface area (TPSA) is 54.7 Å². The molecular formula is C19H24N2O3. The zero-order chi connectivity index (χ0) is 16.4. The van der Waals surface area contributed by atoms with Crippen LogP contribution in [0.3, 0.4) is 0 Å². The largest absolute Gasteiger partial charge is 0.493 e. The van der Waals surface area contributed by atoms with Crippen LogP contribution in [0.2, 0.25) is 0 Å². The van der Waals surface area contributed by atoms with Gasteiger partial charge < -0.3 is 14.2 Å². The minimum atomic E-state index is 0.354. The summed E-state index contributed by atoms with van der Waals surface area (Å²) in [5.41, 5.74) is 0.639. The van der Waals surface area contributed by atoms with Crippen LogP contribution in [0.15, 0.2) is 24.3 Å². The van der Waals surface area contributed by atoms with Gasteiger partial charge in [-0.2, -0.15) is 5.26 Å². The Hall–Kier alpha value is -1.61. The van der Waals surface area contributed by atoms with E-state index in [0.29, 0.717) is 36.2 Å². The highest BCUT2D eigenvalue weighted by Crippen LogP contribution is 2.36. The van der Waals surface area contributed by atoms with Crippen LogP contribution >= 0.6 is 0 Å². The highest BCUT2D eigenvalue weighted by atomic mass is 16.5. The molecule has 0 amide bonds. The molecule has 1 aromatic rings. The first-order valence-electron chi connectivity index (χ1n) is 8.90. The lowest BCUT2D eigenvalue weighted by Crippen LogP contribution is -2.39. The van der Waals surface area contributed by atoms with Gasteiger partial charge in [-0.3, -0.25) is 4.90 Å². The van der Waals surface area contributed by atoms with Crippen molar-refractivity contribution in [3.63, 3.8) is 0 Å². The van der Waals surface area contributed by atoms with E-state index in [1.54, 1.807) is 12.1 Å². The molecule has 0 spiro atoms. The van der Waals surface area contributed by atoms with Crippen molar-refractivity contribution in [2.24, 2.45) is 11.8 Å². The van der Waals surface area contributed by atoms with E-state index >= 15 is 0 Å². The average Bonchev–Trinajstić information content (AvgIpc) is 3.22. The Balaban J connectivity index is 1.33. The molecule has 3 atom stereocenters. The lowest BCUT2D eigenvalue weighted by atomic mass is 9.94. The van der Waals surface area contributed by atoms with Crippen LogP contribution in [0.1, 0.15) is 18.4 Å². The second kappa shape index (κ2) is 7.10. The van der Waals surface area contributed by atoms with E-state index in [1.165, 1.54) is 0 Å². The average molecular weight is 328 g/mol. The Morgan fingerprint density at radius 2 is 2.12 bits per heavy atom. The van der Waals surface area contributed by atoms with Gasteiger partial charge >= 0.3 is 0 Å². The van der Waals surface area contributed by atoms with Gasteiger partial charge in [0.1, 0.15) is 5.75 Å². The highest BCUT2D eigenvalue weighted by molar-refractivity contribution is 5.36. The Morgan fingerprint density at radius 3 is 2.96 bits per heavy atom. The fourth-order valence-corrected chi connectivity index (χ4v) is 4.21. The Bertz CT molecular complexity index is 609. The second-order valence-electron chi connectivity index (χ2n) is 7.04. The summed E-state index contributed by atoms with van der Waals surface area (Å²) < 4.78 is 17.5. The number of hydrogen-bond donors (Lipinski definition) is 0. The van der Waals surface area contributed by atoms with Gasteiger partial charge in [0, 0.05) is 44.2 Å². The SMILES string of the molecule is N#Cc1cccc(OC[C@@H]2CO[C@@H]3CN(C4CCOCC4)C[C@H]23)c1. The number of likely N-dealkylation sites (tertiary alicyclic amines) is 1. The van der Waals surface area contributed by atoms with E-state index in [0.717, 1.165) is 51.5 Å². The number of fused-ring (bicyclic) bond motifs is 1. The molecule has 0 saturated carbocycles. The number of hydrogen-bond acceptors (Lipinski definition) is 5. The number of nitrogens with zero attached hydrogens (tertiary/aromatic N) is 2. The van der Waals surface area contributed by atoms with E-state index in [9.17, 15) is 0 Å². The van der Waals surface area contributed by atoms with Crippen LogP contribution in [-0.2, 0) is 9.47 Å². The molecule has 1 aromatic carbocycles. The van der Waals surface area contributed by atoms with Gasteiger partial charge in [-0.05, 0) is 31.0 Å². The molecule has 3 aliphatic rings. The van der Waals surface area contributed by atoms with Crippen molar-refractivity contribution in [2.45, 2.75) is 25.0 Å². The predicted molar refractivity (Wildman–Crippen MR) is 88.8 cm³/mol. The molecule has 5 heteroatoms. The molecule has 3 heterocycles. The predicted octanol–water partition coefficient (Wildman–Crippen LogP) is 2.06. The van der Waals surface area contributed by atoms with Gasteiger partial charge in [-0.25, -0.2) is 0 Å². The number of ether oxygens (including phenoxy) is 3. The van der Waals surface area contributed by atoms with E-state index in [2.05, 4.69) is 11.0 Å². The molecule has 128 valence electrons. The molecule has 4 rings (SSSR count). The summed E-state index contributed by atoms with van der Waals surface area (Å²) in [7, 11) is 0. The quantitative estimate of drug-likeness (QED) is 0.847. The van der Waals surface area contributed by atoms with Gasteiger partial charge in [-0.1, -0.05) is 6.07 Å². The number of nitriles is 1. The number of rotatable bonds is 4. The third kappa shape index (κ3) is 3.27. The summed E-state index contributed by atoms with van der Waals surface area (Å²) in [4.78, 5) is 2.60. The summed E-state index contributed by atoms with van der Waals surface area (Å²) in [5.74, 6) is 1.77. The zero-order valence-corrected chi connectivity index (χ0v) is 13.9. The molecule has 3 aliphatic heterocycles. The van der Waals surface area contributed by atoms with E-state index in [1.807, 2.05) is 12.1 Å². The molecule has 0 aliphatic carbocycles. The molecule has 24 heavy (non-hydrogen) atoms. The maximum atomic E-state index is 8.98.